The lowest BCUT2D eigenvalue weighted by molar-refractivity contribution is 0.364. The maximum absolute atomic E-state index is 3.44. The fourth-order valence-corrected chi connectivity index (χ4v) is 2.28. The van der Waals surface area contributed by atoms with E-state index in [1.807, 2.05) is 0 Å². The third-order valence-electron chi connectivity index (χ3n) is 3.27. The van der Waals surface area contributed by atoms with Gasteiger partial charge in [0, 0.05) is 6.54 Å². The molecule has 2 aliphatic rings. The first-order chi connectivity index (χ1) is 4.26. The Morgan fingerprint density at radius 3 is 2.40 bits per heavy atom. The van der Waals surface area contributed by atoms with Gasteiger partial charge >= 0.3 is 0 Å². The van der Waals surface area contributed by atoms with Crippen LogP contribution in [0, 0.1) is 17.3 Å². The highest BCUT2D eigenvalue weighted by Crippen LogP contribution is 2.59. The zero-order chi connectivity index (χ0) is 6.48. The van der Waals surface area contributed by atoms with Crippen molar-refractivity contribution in [2.75, 3.05) is 13.1 Å². The van der Waals surface area contributed by atoms with Gasteiger partial charge in [-0.05, 0) is 30.2 Å². The zero-order valence-electron chi connectivity index (χ0n) is 6.68. The van der Waals surface area contributed by atoms with Crippen molar-refractivity contribution in [3.8, 4) is 0 Å². The van der Waals surface area contributed by atoms with Gasteiger partial charge in [-0.15, -0.1) is 12.4 Å². The summed E-state index contributed by atoms with van der Waals surface area (Å²) in [6.07, 6.45) is 1.50. The molecule has 0 aromatic rings. The molecule has 1 saturated carbocycles. The Labute approximate surface area is 69.0 Å². The molecular formula is C8H16ClN. The Hall–Kier alpha value is 0.250. The van der Waals surface area contributed by atoms with E-state index in [0.717, 1.165) is 17.3 Å². The lowest BCUT2D eigenvalue weighted by Crippen LogP contribution is -2.20. The standard InChI is InChI=1S/C8H15N.ClH/c1-6(2)8-3-7(8)4-9-5-8;/h6-7,9H,3-5H2,1-2H3;1H. The fraction of sp³-hybridized carbons (Fsp3) is 1.00. The maximum Gasteiger partial charge on any atom is 0.00136 e. The third-order valence-corrected chi connectivity index (χ3v) is 3.27. The largest absolute Gasteiger partial charge is 0.316 e. The van der Waals surface area contributed by atoms with Crippen LogP contribution in [-0.2, 0) is 0 Å². The topological polar surface area (TPSA) is 12.0 Å². The van der Waals surface area contributed by atoms with Crippen LogP contribution in [-0.4, -0.2) is 13.1 Å². The van der Waals surface area contributed by atoms with E-state index in [2.05, 4.69) is 19.2 Å². The van der Waals surface area contributed by atoms with Crippen LogP contribution >= 0.6 is 12.4 Å². The summed E-state index contributed by atoms with van der Waals surface area (Å²) in [6.45, 7) is 7.29. The van der Waals surface area contributed by atoms with Gasteiger partial charge in [0.25, 0.3) is 0 Å². The SMILES string of the molecule is CC(C)C12CNCC1C2.Cl. The van der Waals surface area contributed by atoms with Gasteiger partial charge < -0.3 is 5.32 Å². The first-order valence-corrected chi connectivity index (χ1v) is 3.96. The maximum atomic E-state index is 3.44. The molecule has 10 heavy (non-hydrogen) atoms. The van der Waals surface area contributed by atoms with Crippen molar-refractivity contribution in [2.45, 2.75) is 20.3 Å². The second-order valence-electron chi connectivity index (χ2n) is 3.92. The predicted molar refractivity (Wildman–Crippen MR) is 45.5 cm³/mol. The molecule has 2 atom stereocenters. The summed E-state index contributed by atoms with van der Waals surface area (Å²) in [5.41, 5.74) is 0.750. The molecule has 0 aromatic carbocycles. The Bertz CT molecular complexity index is 131. The van der Waals surface area contributed by atoms with Crippen LogP contribution in [0.4, 0.5) is 0 Å². The quantitative estimate of drug-likeness (QED) is 0.617. The van der Waals surface area contributed by atoms with Crippen molar-refractivity contribution in [3.05, 3.63) is 0 Å². The number of hydrogen-bond acceptors (Lipinski definition) is 1. The van der Waals surface area contributed by atoms with Crippen LogP contribution in [0.25, 0.3) is 0 Å². The Morgan fingerprint density at radius 1 is 1.50 bits per heavy atom. The smallest absolute Gasteiger partial charge is 0.00136 e. The average molecular weight is 162 g/mol. The van der Waals surface area contributed by atoms with Crippen molar-refractivity contribution in [1.29, 1.82) is 0 Å². The summed E-state index contributed by atoms with van der Waals surface area (Å²) in [5.74, 6) is 1.94. The first-order valence-electron chi connectivity index (χ1n) is 3.96. The molecule has 1 heterocycles. The second-order valence-corrected chi connectivity index (χ2v) is 3.92. The van der Waals surface area contributed by atoms with Gasteiger partial charge in [0.15, 0.2) is 0 Å². The van der Waals surface area contributed by atoms with Crippen LogP contribution in [0.1, 0.15) is 20.3 Å². The molecular weight excluding hydrogens is 146 g/mol. The summed E-state index contributed by atoms with van der Waals surface area (Å²) < 4.78 is 0. The number of rotatable bonds is 1. The molecule has 1 nitrogen and oxygen atoms in total. The van der Waals surface area contributed by atoms with E-state index in [0.29, 0.717) is 0 Å². The van der Waals surface area contributed by atoms with Crippen LogP contribution in [0.2, 0.25) is 0 Å². The van der Waals surface area contributed by atoms with Gasteiger partial charge in [-0.2, -0.15) is 0 Å². The van der Waals surface area contributed by atoms with E-state index < -0.39 is 0 Å². The van der Waals surface area contributed by atoms with Gasteiger partial charge in [-0.3, -0.25) is 0 Å². The third kappa shape index (κ3) is 0.876. The summed E-state index contributed by atoms with van der Waals surface area (Å²) >= 11 is 0. The highest BCUT2D eigenvalue weighted by atomic mass is 35.5. The predicted octanol–water partition coefficient (Wildman–Crippen LogP) is 1.67. The van der Waals surface area contributed by atoms with Crippen LogP contribution < -0.4 is 5.32 Å². The van der Waals surface area contributed by atoms with E-state index >= 15 is 0 Å². The summed E-state index contributed by atoms with van der Waals surface area (Å²) in [6, 6.07) is 0. The molecule has 1 saturated heterocycles. The van der Waals surface area contributed by atoms with Crippen molar-refractivity contribution in [3.63, 3.8) is 0 Å². The molecule has 0 spiro atoms. The molecule has 0 bridgehead atoms. The van der Waals surface area contributed by atoms with Gasteiger partial charge in [-0.25, -0.2) is 0 Å². The van der Waals surface area contributed by atoms with Crippen molar-refractivity contribution < 1.29 is 0 Å². The van der Waals surface area contributed by atoms with Crippen LogP contribution in [0.3, 0.4) is 0 Å². The molecule has 2 unspecified atom stereocenters. The summed E-state index contributed by atoms with van der Waals surface area (Å²) in [4.78, 5) is 0. The van der Waals surface area contributed by atoms with E-state index in [1.54, 1.807) is 0 Å². The molecule has 1 aliphatic heterocycles. The molecule has 1 aliphatic carbocycles. The Balaban J connectivity index is 0.000000500. The van der Waals surface area contributed by atoms with Crippen molar-refractivity contribution >= 4 is 12.4 Å². The molecule has 60 valence electrons. The van der Waals surface area contributed by atoms with Crippen molar-refractivity contribution in [2.24, 2.45) is 17.3 Å². The van der Waals surface area contributed by atoms with E-state index in [9.17, 15) is 0 Å². The lowest BCUT2D eigenvalue weighted by Gasteiger charge is -2.15. The van der Waals surface area contributed by atoms with Crippen LogP contribution in [0.15, 0.2) is 0 Å². The highest BCUT2D eigenvalue weighted by molar-refractivity contribution is 5.85. The molecule has 0 aromatic heterocycles. The van der Waals surface area contributed by atoms with Crippen molar-refractivity contribution in [1.82, 2.24) is 5.32 Å². The van der Waals surface area contributed by atoms with Gasteiger partial charge in [0.05, 0.1) is 0 Å². The first kappa shape index (κ1) is 8.35. The van der Waals surface area contributed by atoms with Gasteiger partial charge in [0.1, 0.15) is 0 Å². The Morgan fingerprint density at radius 2 is 2.20 bits per heavy atom. The minimum Gasteiger partial charge on any atom is -0.316 e. The number of piperidine rings is 1. The average Bonchev–Trinajstić information content (AvgIpc) is 2.38. The molecule has 0 radical (unpaired) electrons. The van der Waals surface area contributed by atoms with Gasteiger partial charge in [0.2, 0.25) is 0 Å². The minimum absolute atomic E-state index is 0. The van der Waals surface area contributed by atoms with Crippen LogP contribution in [0.5, 0.6) is 0 Å². The van der Waals surface area contributed by atoms with E-state index in [4.69, 9.17) is 0 Å². The molecule has 2 heteroatoms. The summed E-state index contributed by atoms with van der Waals surface area (Å²) in [5, 5.41) is 3.44. The Kier molecular flexibility index (Phi) is 1.99. The fourth-order valence-electron chi connectivity index (χ4n) is 2.28. The second kappa shape index (κ2) is 2.38. The molecule has 2 rings (SSSR count). The monoisotopic (exact) mass is 161 g/mol. The number of halogens is 1. The number of hydrogen-bond donors (Lipinski definition) is 1. The van der Waals surface area contributed by atoms with E-state index in [1.165, 1.54) is 19.5 Å². The zero-order valence-corrected chi connectivity index (χ0v) is 7.50. The summed E-state index contributed by atoms with van der Waals surface area (Å²) in [7, 11) is 0. The minimum atomic E-state index is 0. The van der Waals surface area contributed by atoms with E-state index in [-0.39, 0.29) is 12.4 Å². The number of fused-ring (bicyclic) bond motifs is 1. The number of nitrogens with one attached hydrogen (secondary N) is 1. The van der Waals surface area contributed by atoms with Gasteiger partial charge in [-0.1, -0.05) is 13.8 Å². The lowest BCUT2D eigenvalue weighted by atomic mass is 9.92. The molecule has 2 fully saturated rings. The molecule has 0 amide bonds. The highest BCUT2D eigenvalue weighted by Gasteiger charge is 2.58. The molecule has 1 N–H and O–H groups in total. The normalized spacial score (nSPS) is 42.9.